The lowest BCUT2D eigenvalue weighted by Gasteiger charge is -2.23. The number of rotatable bonds is 8. The van der Waals surface area contributed by atoms with E-state index in [1.807, 2.05) is 13.8 Å². The number of fused-ring (bicyclic) bond motifs is 3. The molecule has 10 heteroatoms. The van der Waals surface area contributed by atoms with Crippen molar-refractivity contribution in [2.24, 2.45) is 0 Å². The molecule has 0 bridgehead atoms. The van der Waals surface area contributed by atoms with Crippen LogP contribution in [0.1, 0.15) is 69.7 Å². The molecule has 1 aromatic carbocycles. The van der Waals surface area contributed by atoms with Gasteiger partial charge in [0.15, 0.2) is 0 Å². The minimum Gasteiger partial charge on any atom is -0.481 e. The first-order chi connectivity index (χ1) is 17.5. The van der Waals surface area contributed by atoms with Gasteiger partial charge in [-0.1, -0.05) is 38.1 Å². The van der Waals surface area contributed by atoms with Crippen LogP contribution in [0.3, 0.4) is 0 Å². The Morgan fingerprint density at radius 2 is 1.92 bits per heavy atom. The van der Waals surface area contributed by atoms with Gasteiger partial charge >= 0.3 is 5.97 Å². The Bertz CT molecular complexity index is 1320. The lowest BCUT2D eigenvalue weighted by molar-refractivity contribution is -0.139. The Hall–Kier alpha value is -3.50. The number of carboxylic acid groups (broad SMARTS) is 1. The van der Waals surface area contributed by atoms with Crippen LogP contribution in [0.25, 0.3) is 28.7 Å². The Kier molecular flexibility index (Phi) is 7.52. The van der Waals surface area contributed by atoms with Crippen molar-refractivity contribution in [2.75, 3.05) is 0 Å². The zero-order valence-electron chi connectivity index (χ0n) is 21.4. The molecule has 3 N–H and O–H groups in total. The maximum absolute atomic E-state index is 13.9. The number of aromatic nitrogens is 5. The molecule has 2 aromatic heterocycles. The zero-order chi connectivity index (χ0) is 26.9. The van der Waals surface area contributed by atoms with Crippen LogP contribution in [0, 0.1) is 5.82 Å². The van der Waals surface area contributed by atoms with Crippen molar-refractivity contribution in [3.05, 3.63) is 53.0 Å². The predicted octanol–water partition coefficient (Wildman–Crippen LogP) is 3.95. The van der Waals surface area contributed by atoms with E-state index in [-0.39, 0.29) is 23.7 Å². The molecule has 196 valence electrons. The number of carboxylic acids is 1. The maximum Gasteiger partial charge on any atom is 0.305 e. The van der Waals surface area contributed by atoms with E-state index in [0.29, 0.717) is 17.9 Å². The molecule has 3 heterocycles. The summed E-state index contributed by atoms with van der Waals surface area (Å²) >= 11 is 0. The van der Waals surface area contributed by atoms with Crippen LogP contribution in [0.5, 0.6) is 0 Å². The van der Waals surface area contributed by atoms with Gasteiger partial charge in [-0.2, -0.15) is 0 Å². The predicted molar refractivity (Wildman–Crippen MR) is 136 cm³/mol. The Morgan fingerprint density at radius 1 is 1.22 bits per heavy atom. The van der Waals surface area contributed by atoms with Gasteiger partial charge in [0.05, 0.1) is 29.9 Å². The van der Waals surface area contributed by atoms with Gasteiger partial charge in [-0.05, 0) is 71.9 Å². The standard InChI is InChI=1S/C27H32FN5O4/c1-15(2)24-20(10-9-18(34)13-19(35)14-22(36)37)23(16-5-7-17(28)8-6-16)21-11-12-27(3,4)33-26(25(21)29-24)30-31-32-33/h5-10,15,18-19,34-35H,11-14H2,1-4H3,(H,36,37)/b10-9+/t18-,19-/m1/s1. The third kappa shape index (κ3) is 5.60. The third-order valence-electron chi connectivity index (χ3n) is 6.70. The topological polar surface area (TPSA) is 134 Å². The van der Waals surface area contributed by atoms with Gasteiger partial charge in [-0.3, -0.25) is 4.79 Å². The quantitative estimate of drug-likeness (QED) is 0.416. The Balaban J connectivity index is 1.92. The van der Waals surface area contributed by atoms with Crippen molar-refractivity contribution in [3.63, 3.8) is 0 Å². The summed E-state index contributed by atoms with van der Waals surface area (Å²) < 4.78 is 15.7. The SMILES string of the molecule is CC(C)c1nc2c(c(-c3ccc(F)cc3)c1/C=C/[C@@H](O)C[C@@H](O)CC(=O)O)CCC(C)(C)n1nnnc1-2. The van der Waals surface area contributed by atoms with Crippen LogP contribution in [-0.4, -0.2) is 58.7 Å². The summed E-state index contributed by atoms with van der Waals surface area (Å²) in [6.07, 6.45) is 1.89. The van der Waals surface area contributed by atoms with Crippen molar-refractivity contribution >= 4 is 12.0 Å². The molecule has 0 unspecified atom stereocenters. The van der Waals surface area contributed by atoms with Gasteiger partial charge in [-0.25, -0.2) is 14.1 Å². The van der Waals surface area contributed by atoms with Gasteiger partial charge in [0.25, 0.3) is 0 Å². The van der Waals surface area contributed by atoms with E-state index in [1.54, 1.807) is 22.9 Å². The van der Waals surface area contributed by atoms with E-state index in [9.17, 15) is 19.4 Å². The van der Waals surface area contributed by atoms with Gasteiger partial charge in [0, 0.05) is 12.0 Å². The molecule has 0 saturated heterocycles. The van der Waals surface area contributed by atoms with Gasteiger partial charge in [0.2, 0.25) is 5.82 Å². The molecule has 0 fully saturated rings. The minimum atomic E-state index is -1.18. The third-order valence-corrected chi connectivity index (χ3v) is 6.70. The summed E-state index contributed by atoms with van der Waals surface area (Å²) in [5, 5.41) is 41.9. The molecule has 1 aliphatic rings. The Morgan fingerprint density at radius 3 is 2.57 bits per heavy atom. The number of hydrogen-bond acceptors (Lipinski definition) is 7. The number of tetrazole rings is 1. The van der Waals surface area contributed by atoms with Crippen LogP contribution in [-0.2, 0) is 16.8 Å². The number of nitrogens with zero attached hydrogens (tertiary/aromatic N) is 5. The number of benzene rings is 1. The first-order valence-corrected chi connectivity index (χ1v) is 12.4. The number of halogens is 1. The monoisotopic (exact) mass is 509 g/mol. The van der Waals surface area contributed by atoms with Crippen LogP contribution in [0.4, 0.5) is 4.39 Å². The smallest absolute Gasteiger partial charge is 0.305 e. The lowest BCUT2D eigenvalue weighted by atomic mass is 9.86. The van der Waals surface area contributed by atoms with E-state index in [1.165, 1.54) is 18.2 Å². The molecule has 0 saturated carbocycles. The summed E-state index contributed by atoms with van der Waals surface area (Å²) in [5.41, 5.74) is 4.42. The second kappa shape index (κ2) is 10.5. The Labute approximate surface area is 214 Å². The van der Waals surface area contributed by atoms with Crippen LogP contribution < -0.4 is 0 Å². The number of aliphatic carboxylic acids is 1. The summed E-state index contributed by atoms with van der Waals surface area (Å²) in [5.74, 6) is -0.933. The fourth-order valence-corrected chi connectivity index (χ4v) is 4.77. The van der Waals surface area contributed by atoms with Gasteiger partial charge in [-0.15, -0.1) is 5.10 Å². The largest absolute Gasteiger partial charge is 0.481 e. The highest BCUT2D eigenvalue weighted by Crippen LogP contribution is 2.42. The fraction of sp³-hybridized carbons (Fsp3) is 0.444. The summed E-state index contributed by atoms with van der Waals surface area (Å²) in [4.78, 5) is 15.9. The molecule has 0 aliphatic carbocycles. The molecule has 9 nitrogen and oxygen atoms in total. The average molecular weight is 510 g/mol. The summed E-state index contributed by atoms with van der Waals surface area (Å²) in [6, 6.07) is 6.26. The van der Waals surface area contributed by atoms with Crippen molar-refractivity contribution in [1.82, 2.24) is 25.2 Å². The van der Waals surface area contributed by atoms with Crippen molar-refractivity contribution < 1.29 is 24.5 Å². The number of aliphatic hydroxyl groups excluding tert-OH is 2. The zero-order valence-corrected chi connectivity index (χ0v) is 21.4. The molecular weight excluding hydrogens is 477 g/mol. The molecule has 0 radical (unpaired) electrons. The van der Waals surface area contributed by atoms with E-state index in [0.717, 1.165) is 34.4 Å². The molecule has 0 spiro atoms. The molecule has 2 atom stereocenters. The van der Waals surface area contributed by atoms with Gasteiger partial charge in [0.1, 0.15) is 11.5 Å². The highest BCUT2D eigenvalue weighted by Gasteiger charge is 2.34. The van der Waals surface area contributed by atoms with Gasteiger partial charge < -0.3 is 15.3 Å². The summed E-state index contributed by atoms with van der Waals surface area (Å²) in [6.45, 7) is 8.16. The van der Waals surface area contributed by atoms with Crippen molar-refractivity contribution in [2.45, 2.75) is 77.0 Å². The molecule has 3 aromatic rings. The first-order valence-electron chi connectivity index (χ1n) is 12.4. The molecular formula is C27H32FN5O4. The normalized spacial score (nSPS) is 16.3. The highest BCUT2D eigenvalue weighted by molar-refractivity contribution is 5.84. The number of aliphatic hydroxyl groups is 2. The fourth-order valence-electron chi connectivity index (χ4n) is 4.77. The molecule has 1 aliphatic heterocycles. The second-order valence-electron chi connectivity index (χ2n) is 10.4. The number of carbonyl (C=O) groups is 1. The number of pyridine rings is 1. The van der Waals surface area contributed by atoms with E-state index < -0.39 is 24.6 Å². The maximum atomic E-state index is 13.9. The van der Waals surface area contributed by atoms with E-state index in [2.05, 4.69) is 29.4 Å². The lowest BCUT2D eigenvalue weighted by Crippen LogP contribution is -2.27. The van der Waals surface area contributed by atoms with Crippen LogP contribution >= 0.6 is 0 Å². The van der Waals surface area contributed by atoms with Crippen LogP contribution in [0.2, 0.25) is 0 Å². The molecule has 37 heavy (non-hydrogen) atoms. The summed E-state index contributed by atoms with van der Waals surface area (Å²) in [7, 11) is 0. The second-order valence-corrected chi connectivity index (χ2v) is 10.4. The van der Waals surface area contributed by atoms with E-state index in [4.69, 9.17) is 10.1 Å². The average Bonchev–Trinajstić information content (AvgIpc) is 3.28. The van der Waals surface area contributed by atoms with Crippen LogP contribution in [0.15, 0.2) is 30.3 Å². The van der Waals surface area contributed by atoms with Crippen molar-refractivity contribution in [3.8, 4) is 22.6 Å². The van der Waals surface area contributed by atoms with E-state index >= 15 is 0 Å². The minimum absolute atomic E-state index is 0.0144. The molecule has 0 amide bonds. The van der Waals surface area contributed by atoms with Crippen molar-refractivity contribution in [1.29, 1.82) is 0 Å². The highest BCUT2D eigenvalue weighted by atomic mass is 19.1. The first kappa shape index (κ1) is 26.6. The molecule has 4 rings (SSSR count). The number of hydrogen-bond donors (Lipinski definition) is 3.